The zero-order chi connectivity index (χ0) is 23.1. The Morgan fingerprint density at radius 3 is 2.47 bits per heavy atom. The number of hydrogen-bond acceptors (Lipinski definition) is 5. The van der Waals surface area contributed by atoms with Crippen molar-refractivity contribution in [3.8, 4) is 5.75 Å². The van der Waals surface area contributed by atoms with Gasteiger partial charge in [-0.25, -0.2) is 13.2 Å². The lowest BCUT2D eigenvalue weighted by Gasteiger charge is -2.33. The Kier molecular flexibility index (Phi) is 6.15. The van der Waals surface area contributed by atoms with Gasteiger partial charge in [0.15, 0.2) is 0 Å². The van der Waals surface area contributed by atoms with Crippen molar-refractivity contribution in [2.45, 2.75) is 52.3 Å². The van der Waals surface area contributed by atoms with Crippen LogP contribution in [0.1, 0.15) is 39.3 Å². The second kappa shape index (κ2) is 8.59. The molecule has 32 heavy (non-hydrogen) atoms. The maximum absolute atomic E-state index is 12.2. The van der Waals surface area contributed by atoms with Gasteiger partial charge in [0.2, 0.25) is 10.0 Å². The smallest absolute Gasteiger partial charge is 0.410 e. The van der Waals surface area contributed by atoms with Crippen molar-refractivity contribution >= 4 is 27.0 Å². The molecule has 0 atom stereocenters. The summed E-state index contributed by atoms with van der Waals surface area (Å²) in [5, 5.41) is 1.06. The number of likely N-dealkylation sites (tertiary alicyclic amines) is 1. The van der Waals surface area contributed by atoms with Gasteiger partial charge in [-0.15, -0.1) is 0 Å². The number of sulfonamides is 1. The largest absolute Gasteiger partial charge is 0.493 e. The van der Waals surface area contributed by atoms with Crippen LogP contribution in [0.3, 0.4) is 0 Å². The molecule has 0 saturated carbocycles. The summed E-state index contributed by atoms with van der Waals surface area (Å²) in [6, 6.07) is 8.11. The summed E-state index contributed by atoms with van der Waals surface area (Å²) in [4.78, 5) is 14.0. The number of hydrogen-bond donors (Lipinski definition) is 0. The topological polar surface area (TPSA) is 81.1 Å². The molecular weight excluding hydrogens is 430 g/mol. The lowest BCUT2D eigenvalue weighted by molar-refractivity contribution is 0.0165. The number of ether oxygens (including phenoxy) is 2. The third kappa shape index (κ3) is 5.20. The molecule has 1 amide bonds. The Morgan fingerprint density at radius 2 is 1.81 bits per heavy atom. The zero-order valence-electron chi connectivity index (χ0n) is 19.3. The van der Waals surface area contributed by atoms with Crippen LogP contribution in [0, 0.1) is 5.92 Å². The number of aromatic nitrogens is 1. The summed E-state index contributed by atoms with van der Waals surface area (Å²) in [5.74, 6) is 1.21. The number of benzene rings is 1. The van der Waals surface area contributed by atoms with Crippen LogP contribution in [0.5, 0.6) is 5.75 Å². The summed E-state index contributed by atoms with van der Waals surface area (Å²) < 4.78 is 39.0. The first kappa shape index (κ1) is 22.9. The predicted octanol–water partition coefficient (Wildman–Crippen LogP) is 3.44. The van der Waals surface area contributed by atoms with Gasteiger partial charge >= 0.3 is 6.09 Å². The second-order valence-electron chi connectivity index (χ2n) is 9.83. The van der Waals surface area contributed by atoms with Crippen molar-refractivity contribution in [2.24, 2.45) is 5.92 Å². The van der Waals surface area contributed by atoms with Crippen molar-refractivity contribution in [3.05, 3.63) is 30.0 Å². The third-order valence-corrected chi connectivity index (χ3v) is 7.34. The summed E-state index contributed by atoms with van der Waals surface area (Å²) in [6.07, 6.45) is 2.80. The predicted molar refractivity (Wildman–Crippen MR) is 123 cm³/mol. The van der Waals surface area contributed by atoms with Crippen LogP contribution >= 0.6 is 0 Å². The molecule has 2 aliphatic rings. The molecule has 4 rings (SSSR count). The van der Waals surface area contributed by atoms with Crippen molar-refractivity contribution in [1.82, 2.24) is 13.8 Å². The SMILES string of the molecule is CC(C)(C)OC(=O)N1CCC(COc2ccc3c(c2)cc2n3CCN(S(C)(=O)=O)C2)CC1. The molecule has 0 aliphatic carbocycles. The molecule has 0 N–H and O–H groups in total. The molecule has 176 valence electrons. The minimum atomic E-state index is -3.19. The Labute approximate surface area is 190 Å². The molecule has 2 aromatic rings. The molecule has 0 bridgehead atoms. The minimum absolute atomic E-state index is 0.241. The average molecular weight is 464 g/mol. The summed E-state index contributed by atoms with van der Waals surface area (Å²) >= 11 is 0. The molecule has 1 aromatic heterocycles. The quantitative estimate of drug-likeness (QED) is 0.694. The first-order chi connectivity index (χ1) is 15.0. The fourth-order valence-corrected chi connectivity index (χ4v) is 5.15. The van der Waals surface area contributed by atoms with Crippen LogP contribution in [0.4, 0.5) is 4.79 Å². The van der Waals surface area contributed by atoms with E-state index in [9.17, 15) is 13.2 Å². The zero-order valence-corrected chi connectivity index (χ0v) is 20.2. The second-order valence-corrected chi connectivity index (χ2v) is 11.8. The Bertz CT molecular complexity index is 1090. The summed E-state index contributed by atoms with van der Waals surface area (Å²) in [5.41, 5.74) is 1.63. The number of rotatable bonds is 4. The van der Waals surface area contributed by atoms with Crippen molar-refractivity contribution in [1.29, 1.82) is 0 Å². The van der Waals surface area contributed by atoms with E-state index in [0.29, 0.717) is 45.2 Å². The van der Waals surface area contributed by atoms with Gasteiger partial charge in [0.25, 0.3) is 0 Å². The standard InChI is InChI=1S/C23H33N3O5S/c1-23(2,3)31-22(27)24-9-7-17(8-10-24)16-30-20-5-6-21-18(14-20)13-19-15-25(32(4,28)29)11-12-26(19)21/h5-6,13-14,17H,7-12,15-16H2,1-4H3. The number of carbonyl (C=O) groups is 1. The molecule has 3 heterocycles. The average Bonchev–Trinajstić information content (AvgIpc) is 3.07. The van der Waals surface area contributed by atoms with E-state index < -0.39 is 15.6 Å². The van der Waals surface area contributed by atoms with E-state index in [0.717, 1.165) is 35.2 Å². The molecule has 9 heteroatoms. The Balaban J connectivity index is 1.34. The summed E-state index contributed by atoms with van der Waals surface area (Å²) in [6.45, 7) is 9.18. The molecule has 0 radical (unpaired) electrons. The van der Waals surface area contributed by atoms with Gasteiger partial charge in [-0.2, -0.15) is 4.31 Å². The van der Waals surface area contributed by atoms with Gasteiger partial charge < -0.3 is 18.9 Å². The first-order valence-electron chi connectivity index (χ1n) is 11.2. The molecule has 2 aliphatic heterocycles. The van der Waals surface area contributed by atoms with E-state index in [4.69, 9.17) is 9.47 Å². The number of amides is 1. The van der Waals surface area contributed by atoms with Crippen molar-refractivity contribution in [2.75, 3.05) is 32.5 Å². The van der Waals surface area contributed by atoms with Gasteiger partial charge in [-0.1, -0.05) is 0 Å². The van der Waals surface area contributed by atoms with Crippen LogP contribution in [-0.4, -0.2) is 66.4 Å². The van der Waals surface area contributed by atoms with E-state index >= 15 is 0 Å². The Hall–Kier alpha value is -2.26. The third-order valence-electron chi connectivity index (χ3n) is 6.09. The molecular formula is C23H33N3O5S. The number of nitrogens with zero attached hydrogens (tertiary/aromatic N) is 3. The highest BCUT2D eigenvalue weighted by Crippen LogP contribution is 2.29. The first-order valence-corrected chi connectivity index (χ1v) is 13.0. The van der Waals surface area contributed by atoms with Crippen LogP contribution in [0.2, 0.25) is 0 Å². The number of carbonyl (C=O) groups excluding carboxylic acids is 1. The highest BCUT2D eigenvalue weighted by atomic mass is 32.2. The highest BCUT2D eigenvalue weighted by molar-refractivity contribution is 7.88. The van der Waals surface area contributed by atoms with Crippen LogP contribution in [0.15, 0.2) is 24.3 Å². The fourth-order valence-electron chi connectivity index (χ4n) is 4.37. The summed E-state index contributed by atoms with van der Waals surface area (Å²) in [7, 11) is -3.19. The molecule has 8 nitrogen and oxygen atoms in total. The maximum atomic E-state index is 12.2. The van der Waals surface area contributed by atoms with Crippen LogP contribution in [-0.2, 0) is 27.8 Å². The van der Waals surface area contributed by atoms with Gasteiger partial charge in [0.05, 0.1) is 19.4 Å². The van der Waals surface area contributed by atoms with E-state index in [1.54, 1.807) is 4.90 Å². The van der Waals surface area contributed by atoms with Gasteiger partial charge in [-0.05, 0) is 63.8 Å². The van der Waals surface area contributed by atoms with E-state index in [-0.39, 0.29) is 6.09 Å². The molecule has 1 aromatic carbocycles. The van der Waals surface area contributed by atoms with Gasteiger partial charge in [0.1, 0.15) is 11.4 Å². The molecule has 1 saturated heterocycles. The maximum Gasteiger partial charge on any atom is 0.410 e. The van der Waals surface area contributed by atoms with E-state index in [2.05, 4.69) is 16.7 Å². The monoisotopic (exact) mass is 463 g/mol. The van der Waals surface area contributed by atoms with Gasteiger partial charge in [0, 0.05) is 42.8 Å². The van der Waals surface area contributed by atoms with Crippen molar-refractivity contribution in [3.63, 3.8) is 0 Å². The van der Waals surface area contributed by atoms with Crippen LogP contribution < -0.4 is 4.74 Å². The Morgan fingerprint density at radius 1 is 1.09 bits per heavy atom. The number of piperidine rings is 1. The lowest BCUT2D eigenvalue weighted by atomic mass is 9.98. The molecule has 0 unspecified atom stereocenters. The van der Waals surface area contributed by atoms with Gasteiger partial charge in [-0.3, -0.25) is 0 Å². The molecule has 1 fully saturated rings. The minimum Gasteiger partial charge on any atom is -0.493 e. The fraction of sp³-hybridized carbons (Fsp3) is 0.609. The highest BCUT2D eigenvalue weighted by Gasteiger charge is 2.27. The van der Waals surface area contributed by atoms with E-state index in [1.807, 2.05) is 32.9 Å². The van der Waals surface area contributed by atoms with Crippen molar-refractivity contribution < 1.29 is 22.7 Å². The number of fused-ring (bicyclic) bond motifs is 3. The van der Waals surface area contributed by atoms with Crippen LogP contribution in [0.25, 0.3) is 10.9 Å². The molecule has 0 spiro atoms. The normalized spacial score (nSPS) is 18.6. The van der Waals surface area contributed by atoms with E-state index in [1.165, 1.54) is 10.6 Å². The lowest BCUT2D eigenvalue weighted by Crippen LogP contribution is -2.42.